The van der Waals surface area contributed by atoms with Crippen LogP contribution in [-0.2, 0) is 12.0 Å². The number of aromatic nitrogens is 2. The minimum atomic E-state index is -0.0333. The molecule has 0 unspecified atom stereocenters. The lowest BCUT2D eigenvalue weighted by atomic mass is 9.86. The molecule has 2 aromatic carbocycles. The molecular formula is C21H24N2O2. The maximum absolute atomic E-state index is 12.5. The van der Waals surface area contributed by atoms with Crippen molar-refractivity contribution in [3.63, 3.8) is 0 Å². The highest BCUT2D eigenvalue weighted by molar-refractivity contribution is 5.76. The van der Waals surface area contributed by atoms with E-state index >= 15 is 0 Å². The Morgan fingerprint density at radius 3 is 2.60 bits per heavy atom. The second-order valence-electron chi connectivity index (χ2n) is 7.34. The van der Waals surface area contributed by atoms with E-state index in [1.54, 1.807) is 17.0 Å². The number of nitrogens with zero attached hydrogens (tertiary/aromatic N) is 2. The number of hydrogen-bond donors (Lipinski definition) is 0. The van der Waals surface area contributed by atoms with Crippen molar-refractivity contribution in [1.29, 1.82) is 0 Å². The molecule has 0 spiro atoms. The molecule has 0 aliphatic heterocycles. The molecule has 0 aliphatic rings. The minimum Gasteiger partial charge on any atom is -0.491 e. The summed E-state index contributed by atoms with van der Waals surface area (Å²) in [5, 5.41) is 0.635. The predicted octanol–water partition coefficient (Wildman–Crippen LogP) is 4.08. The van der Waals surface area contributed by atoms with Gasteiger partial charge in [-0.2, -0.15) is 0 Å². The van der Waals surface area contributed by atoms with Crippen LogP contribution in [0.2, 0.25) is 0 Å². The fourth-order valence-corrected chi connectivity index (χ4v) is 2.80. The lowest BCUT2D eigenvalue weighted by Crippen LogP contribution is -2.23. The Hall–Kier alpha value is -2.62. The summed E-state index contributed by atoms with van der Waals surface area (Å²) in [4.78, 5) is 16.8. The summed E-state index contributed by atoms with van der Waals surface area (Å²) in [7, 11) is 0. The molecule has 0 N–H and O–H groups in total. The molecule has 130 valence electrons. The quantitative estimate of drug-likeness (QED) is 0.721. The maximum atomic E-state index is 12.5. The second-order valence-corrected chi connectivity index (χ2v) is 7.34. The SMILES string of the molecule is Cc1cc(C(C)(C)C)ccc1OCCn1cnc2ccccc2c1=O. The fraction of sp³-hybridized carbons (Fsp3) is 0.333. The average molecular weight is 336 g/mol. The molecular weight excluding hydrogens is 312 g/mol. The van der Waals surface area contributed by atoms with Gasteiger partial charge in [-0.3, -0.25) is 9.36 Å². The van der Waals surface area contributed by atoms with Crippen molar-refractivity contribution < 1.29 is 4.74 Å². The predicted molar refractivity (Wildman–Crippen MR) is 101 cm³/mol. The average Bonchev–Trinajstić information content (AvgIpc) is 2.57. The number of rotatable bonds is 4. The molecule has 1 heterocycles. The molecule has 0 bridgehead atoms. The van der Waals surface area contributed by atoms with Gasteiger partial charge < -0.3 is 4.74 Å². The zero-order valence-corrected chi connectivity index (χ0v) is 15.2. The summed E-state index contributed by atoms with van der Waals surface area (Å²) in [5.74, 6) is 0.856. The molecule has 0 saturated heterocycles. The third-order valence-electron chi connectivity index (χ3n) is 4.36. The van der Waals surface area contributed by atoms with Crippen molar-refractivity contribution in [2.45, 2.75) is 39.7 Å². The van der Waals surface area contributed by atoms with E-state index in [4.69, 9.17) is 4.74 Å². The first kappa shape index (κ1) is 17.2. The van der Waals surface area contributed by atoms with Gasteiger partial charge in [0.15, 0.2) is 0 Å². The number of para-hydroxylation sites is 1. The van der Waals surface area contributed by atoms with Gasteiger partial charge in [-0.05, 0) is 41.7 Å². The van der Waals surface area contributed by atoms with E-state index in [9.17, 15) is 4.79 Å². The molecule has 0 amide bonds. The second kappa shape index (κ2) is 6.71. The summed E-state index contributed by atoms with van der Waals surface area (Å²) in [6, 6.07) is 13.7. The van der Waals surface area contributed by atoms with Crippen molar-refractivity contribution >= 4 is 10.9 Å². The lowest BCUT2D eigenvalue weighted by molar-refractivity contribution is 0.294. The Bertz CT molecular complexity index is 952. The zero-order chi connectivity index (χ0) is 18.0. The highest BCUT2D eigenvalue weighted by atomic mass is 16.5. The van der Waals surface area contributed by atoms with Crippen molar-refractivity contribution in [2.75, 3.05) is 6.61 Å². The first-order valence-corrected chi connectivity index (χ1v) is 8.54. The van der Waals surface area contributed by atoms with E-state index < -0.39 is 0 Å². The van der Waals surface area contributed by atoms with Gasteiger partial charge >= 0.3 is 0 Å². The molecule has 25 heavy (non-hydrogen) atoms. The van der Waals surface area contributed by atoms with Crippen LogP contribution in [0, 0.1) is 6.92 Å². The standard InChI is InChI=1S/C21H24N2O2/c1-15-13-16(21(2,3)4)9-10-19(15)25-12-11-23-14-22-18-8-6-5-7-17(18)20(23)24/h5-10,13-14H,11-12H2,1-4H3. The first-order chi connectivity index (χ1) is 11.9. The van der Waals surface area contributed by atoms with E-state index in [2.05, 4.69) is 37.9 Å². The summed E-state index contributed by atoms with van der Waals surface area (Å²) in [6.07, 6.45) is 1.59. The van der Waals surface area contributed by atoms with Crippen LogP contribution in [-0.4, -0.2) is 16.2 Å². The Morgan fingerprint density at radius 2 is 1.88 bits per heavy atom. The first-order valence-electron chi connectivity index (χ1n) is 8.54. The van der Waals surface area contributed by atoms with E-state index in [0.717, 1.165) is 16.8 Å². The summed E-state index contributed by atoms with van der Waals surface area (Å²) >= 11 is 0. The van der Waals surface area contributed by atoms with Gasteiger partial charge in [-0.25, -0.2) is 4.98 Å². The Kier molecular flexibility index (Phi) is 4.62. The lowest BCUT2D eigenvalue weighted by Gasteiger charge is -2.20. The zero-order valence-electron chi connectivity index (χ0n) is 15.2. The smallest absolute Gasteiger partial charge is 0.261 e. The van der Waals surface area contributed by atoms with Crippen LogP contribution in [0.15, 0.2) is 53.6 Å². The summed E-state index contributed by atoms with van der Waals surface area (Å²) < 4.78 is 7.49. The van der Waals surface area contributed by atoms with Crippen molar-refractivity contribution in [3.05, 3.63) is 70.3 Å². The number of aryl methyl sites for hydroxylation is 1. The third kappa shape index (κ3) is 3.73. The van der Waals surface area contributed by atoms with Crippen molar-refractivity contribution in [1.82, 2.24) is 9.55 Å². The van der Waals surface area contributed by atoms with E-state index in [1.807, 2.05) is 31.2 Å². The Labute approximate surface area is 148 Å². The molecule has 4 heteroatoms. The van der Waals surface area contributed by atoms with Crippen LogP contribution < -0.4 is 10.3 Å². The molecule has 0 aliphatic carbocycles. The minimum absolute atomic E-state index is 0.0333. The normalized spacial score (nSPS) is 11.7. The van der Waals surface area contributed by atoms with Gasteiger partial charge in [0.05, 0.1) is 23.8 Å². The van der Waals surface area contributed by atoms with Crippen molar-refractivity contribution in [2.24, 2.45) is 0 Å². The highest BCUT2D eigenvalue weighted by Gasteiger charge is 2.14. The molecule has 0 fully saturated rings. The van der Waals surface area contributed by atoms with E-state index in [1.165, 1.54) is 5.56 Å². The van der Waals surface area contributed by atoms with Gasteiger partial charge in [0, 0.05) is 0 Å². The van der Waals surface area contributed by atoms with Crippen molar-refractivity contribution in [3.8, 4) is 5.75 Å². The van der Waals surface area contributed by atoms with Crippen LogP contribution in [0.25, 0.3) is 10.9 Å². The number of fused-ring (bicyclic) bond motifs is 1. The Balaban J connectivity index is 1.71. The van der Waals surface area contributed by atoms with E-state index in [0.29, 0.717) is 18.5 Å². The third-order valence-corrected chi connectivity index (χ3v) is 4.36. The van der Waals surface area contributed by atoms with E-state index in [-0.39, 0.29) is 11.0 Å². The van der Waals surface area contributed by atoms with Crippen LogP contribution in [0.1, 0.15) is 31.9 Å². The molecule has 3 rings (SSSR count). The summed E-state index contributed by atoms with van der Waals surface area (Å²) in [5.41, 5.74) is 3.20. The van der Waals surface area contributed by atoms with Crippen LogP contribution >= 0.6 is 0 Å². The fourth-order valence-electron chi connectivity index (χ4n) is 2.80. The highest BCUT2D eigenvalue weighted by Crippen LogP contribution is 2.27. The molecule has 0 saturated carbocycles. The molecule has 3 aromatic rings. The van der Waals surface area contributed by atoms with Crippen LogP contribution in [0.3, 0.4) is 0 Å². The number of hydrogen-bond acceptors (Lipinski definition) is 3. The molecule has 4 nitrogen and oxygen atoms in total. The number of ether oxygens (including phenoxy) is 1. The van der Waals surface area contributed by atoms with Gasteiger partial charge in [-0.1, -0.05) is 45.0 Å². The van der Waals surface area contributed by atoms with Crippen LogP contribution in [0.4, 0.5) is 0 Å². The largest absolute Gasteiger partial charge is 0.491 e. The monoisotopic (exact) mass is 336 g/mol. The van der Waals surface area contributed by atoms with Gasteiger partial charge in [-0.15, -0.1) is 0 Å². The maximum Gasteiger partial charge on any atom is 0.261 e. The number of benzene rings is 2. The van der Waals surface area contributed by atoms with Gasteiger partial charge in [0.1, 0.15) is 12.4 Å². The molecule has 1 aromatic heterocycles. The van der Waals surface area contributed by atoms with Crippen LogP contribution in [0.5, 0.6) is 5.75 Å². The topological polar surface area (TPSA) is 44.1 Å². The summed E-state index contributed by atoms with van der Waals surface area (Å²) in [6.45, 7) is 9.53. The molecule has 0 radical (unpaired) electrons. The van der Waals surface area contributed by atoms with Gasteiger partial charge in [0.2, 0.25) is 0 Å². The molecule has 0 atom stereocenters. The van der Waals surface area contributed by atoms with Gasteiger partial charge in [0.25, 0.3) is 5.56 Å². The Morgan fingerprint density at radius 1 is 1.12 bits per heavy atom.